The molecule has 0 aliphatic carbocycles. The van der Waals surface area contributed by atoms with Crippen molar-refractivity contribution >= 4 is 16.7 Å². The molecule has 0 radical (unpaired) electrons. The first-order chi connectivity index (χ1) is 14.2. The van der Waals surface area contributed by atoms with Gasteiger partial charge in [0.15, 0.2) is 0 Å². The van der Waals surface area contributed by atoms with Crippen molar-refractivity contribution in [3.63, 3.8) is 0 Å². The van der Waals surface area contributed by atoms with Crippen molar-refractivity contribution < 1.29 is 18.3 Å². The highest BCUT2D eigenvalue weighted by molar-refractivity contribution is 5.80. The van der Waals surface area contributed by atoms with Gasteiger partial charge in [-0.1, -0.05) is 12.1 Å². The molecule has 3 aromatic carbocycles. The fourth-order valence-corrected chi connectivity index (χ4v) is 3.07. The van der Waals surface area contributed by atoms with Crippen LogP contribution in [0.2, 0.25) is 0 Å². The largest absolute Gasteiger partial charge is 0.497 e. The molecule has 0 saturated heterocycles. The molecule has 0 spiro atoms. The Bertz CT molecular complexity index is 1210. The fourth-order valence-electron chi connectivity index (χ4n) is 3.07. The van der Waals surface area contributed by atoms with Crippen molar-refractivity contribution in [1.82, 2.24) is 0 Å². The van der Waals surface area contributed by atoms with Gasteiger partial charge in [0.2, 0.25) is 0 Å². The van der Waals surface area contributed by atoms with E-state index in [1.165, 1.54) is 6.07 Å². The van der Waals surface area contributed by atoms with Gasteiger partial charge in [0.25, 0.3) is 0 Å². The summed E-state index contributed by atoms with van der Waals surface area (Å²) in [6.07, 6.45) is 0. The van der Waals surface area contributed by atoms with E-state index in [-0.39, 0.29) is 11.5 Å². The molecular formula is C24H20FNO3. The summed E-state index contributed by atoms with van der Waals surface area (Å²) in [5.74, 6) is 1.71. The van der Waals surface area contributed by atoms with Crippen LogP contribution in [0.15, 0.2) is 82.2 Å². The molecule has 29 heavy (non-hydrogen) atoms. The number of halogens is 1. The second kappa shape index (κ2) is 8.19. The lowest BCUT2D eigenvalue weighted by atomic mass is 10.1. The monoisotopic (exact) mass is 389 g/mol. The zero-order valence-corrected chi connectivity index (χ0v) is 16.2. The van der Waals surface area contributed by atoms with Gasteiger partial charge in [-0.05, 0) is 61.5 Å². The molecule has 0 amide bonds. The van der Waals surface area contributed by atoms with Gasteiger partial charge >= 0.3 is 0 Å². The van der Waals surface area contributed by atoms with E-state index >= 15 is 0 Å². The van der Waals surface area contributed by atoms with Gasteiger partial charge in [-0.25, -0.2) is 9.38 Å². The minimum Gasteiger partial charge on any atom is -0.497 e. The molecule has 1 aromatic heterocycles. The molecule has 4 nitrogen and oxygen atoms in total. The van der Waals surface area contributed by atoms with E-state index in [0.29, 0.717) is 29.1 Å². The Kier molecular flexibility index (Phi) is 5.29. The topological polar surface area (TPSA) is 44.0 Å². The molecule has 0 bridgehead atoms. The first kappa shape index (κ1) is 18.7. The van der Waals surface area contributed by atoms with Gasteiger partial charge in [0.05, 0.1) is 24.8 Å². The third kappa shape index (κ3) is 3.99. The summed E-state index contributed by atoms with van der Waals surface area (Å²) in [6, 6.07) is 21.3. The molecule has 0 N–H and O–H groups in total. The molecule has 4 aromatic rings. The summed E-state index contributed by atoms with van der Waals surface area (Å²) in [5.41, 5.74) is 1.77. The first-order valence-electron chi connectivity index (χ1n) is 9.32. The van der Waals surface area contributed by atoms with Gasteiger partial charge < -0.3 is 13.9 Å². The van der Waals surface area contributed by atoms with Crippen LogP contribution in [0.1, 0.15) is 6.92 Å². The van der Waals surface area contributed by atoms with Gasteiger partial charge in [-0.2, -0.15) is 0 Å². The molecule has 0 aliphatic heterocycles. The number of benzene rings is 3. The van der Waals surface area contributed by atoms with Crippen molar-refractivity contribution in [2.45, 2.75) is 6.92 Å². The number of hydrogen-bond donors (Lipinski definition) is 0. The summed E-state index contributed by atoms with van der Waals surface area (Å²) in [5, 5.41) is 1.35. The Hall–Kier alpha value is -3.60. The zero-order chi connectivity index (χ0) is 20.2. The van der Waals surface area contributed by atoms with Crippen molar-refractivity contribution in [3.05, 3.63) is 84.0 Å². The van der Waals surface area contributed by atoms with Crippen LogP contribution in [-0.4, -0.2) is 13.7 Å². The molecular weight excluding hydrogens is 369 g/mol. The highest BCUT2D eigenvalue weighted by Crippen LogP contribution is 2.27. The zero-order valence-electron chi connectivity index (χ0n) is 16.2. The predicted octanol–water partition coefficient (Wildman–Crippen LogP) is 5.88. The lowest BCUT2D eigenvalue weighted by Gasteiger charge is -2.08. The normalized spacial score (nSPS) is 11.6. The molecule has 146 valence electrons. The van der Waals surface area contributed by atoms with Gasteiger partial charge in [-0.3, -0.25) is 0 Å². The number of para-hydroxylation sites is 1. The van der Waals surface area contributed by atoms with Crippen LogP contribution in [0.4, 0.5) is 10.1 Å². The van der Waals surface area contributed by atoms with Crippen LogP contribution in [0.25, 0.3) is 22.3 Å². The van der Waals surface area contributed by atoms with E-state index < -0.39 is 0 Å². The Balaban J connectivity index is 1.95. The molecule has 0 fully saturated rings. The summed E-state index contributed by atoms with van der Waals surface area (Å²) < 4.78 is 31.2. The second-order valence-electron chi connectivity index (χ2n) is 6.38. The van der Waals surface area contributed by atoms with E-state index in [9.17, 15) is 4.39 Å². The number of rotatable bonds is 5. The van der Waals surface area contributed by atoms with E-state index in [4.69, 9.17) is 13.9 Å². The molecule has 0 aliphatic rings. The van der Waals surface area contributed by atoms with E-state index in [1.807, 2.05) is 55.5 Å². The second-order valence-corrected chi connectivity index (χ2v) is 6.38. The highest BCUT2D eigenvalue weighted by Gasteiger charge is 2.09. The summed E-state index contributed by atoms with van der Waals surface area (Å²) in [6.45, 7) is 2.47. The van der Waals surface area contributed by atoms with Crippen LogP contribution in [-0.2, 0) is 0 Å². The maximum Gasteiger partial charge on any atom is 0.148 e. The summed E-state index contributed by atoms with van der Waals surface area (Å²) >= 11 is 0. The fraction of sp³-hybridized carbons (Fsp3) is 0.125. The van der Waals surface area contributed by atoms with E-state index in [1.54, 1.807) is 25.3 Å². The molecule has 0 saturated carbocycles. The van der Waals surface area contributed by atoms with E-state index in [0.717, 1.165) is 16.7 Å². The minimum absolute atomic E-state index is 0.266. The molecule has 0 unspecified atom stereocenters. The highest BCUT2D eigenvalue weighted by atomic mass is 19.1. The van der Waals surface area contributed by atoms with Gasteiger partial charge in [-0.15, -0.1) is 0 Å². The maximum atomic E-state index is 14.2. The lowest BCUT2D eigenvalue weighted by Crippen LogP contribution is -2.04. The number of fused-ring (bicyclic) bond motifs is 1. The number of hydrogen-bond acceptors (Lipinski definition) is 4. The average molecular weight is 389 g/mol. The minimum atomic E-state index is -0.381. The average Bonchev–Trinajstić information content (AvgIpc) is 2.76. The standard InChI is InChI=1S/C24H20FNO3/c1-3-28-18-12-13-23-19(14-18)22(26-21-7-5-4-6-20(21)25)15-24(29-23)16-8-10-17(27-2)11-9-16/h4-15H,3H2,1-2H3. The maximum absolute atomic E-state index is 14.2. The van der Waals surface area contributed by atoms with Crippen molar-refractivity contribution in [1.29, 1.82) is 0 Å². The third-order valence-corrected chi connectivity index (χ3v) is 4.49. The predicted molar refractivity (Wildman–Crippen MR) is 111 cm³/mol. The van der Waals surface area contributed by atoms with Gasteiger partial charge in [0.1, 0.15) is 28.7 Å². The van der Waals surface area contributed by atoms with Crippen molar-refractivity contribution in [3.8, 4) is 22.8 Å². The Morgan fingerprint density at radius 2 is 1.69 bits per heavy atom. The van der Waals surface area contributed by atoms with Crippen LogP contribution >= 0.6 is 0 Å². The number of methoxy groups -OCH3 is 1. The molecule has 0 atom stereocenters. The third-order valence-electron chi connectivity index (χ3n) is 4.49. The number of ether oxygens (including phenoxy) is 2. The summed E-state index contributed by atoms with van der Waals surface area (Å²) in [4.78, 5) is 4.57. The lowest BCUT2D eigenvalue weighted by molar-refractivity contribution is 0.340. The first-order valence-corrected chi connectivity index (χ1v) is 9.32. The van der Waals surface area contributed by atoms with E-state index in [2.05, 4.69) is 4.99 Å². The Labute approximate surface area is 167 Å². The van der Waals surface area contributed by atoms with Crippen molar-refractivity contribution in [2.75, 3.05) is 13.7 Å². The summed E-state index contributed by atoms with van der Waals surface area (Å²) in [7, 11) is 1.62. The molecule has 5 heteroatoms. The quantitative estimate of drug-likeness (QED) is 0.428. The molecule has 1 heterocycles. The van der Waals surface area contributed by atoms with Crippen LogP contribution in [0.5, 0.6) is 11.5 Å². The smallest absolute Gasteiger partial charge is 0.148 e. The number of nitrogens with zero attached hydrogens (tertiary/aromatic N) is 1. The Morgan fingerprint density at radius 3 is 2.41 bits per heavy atom. The van der Waals surface area contributed by atoms with Crippen LogP contribution in [0, 0.1) is 5.82 Å². The molecule has 4 rings (SSSR count). The van der Waals surface area contributed by atoms with Crippen LogP contribution < -0.4 is 14.8 Å². The van der Waals surface area contributed by atoms with Crippen molar-refractivity contribution in [2.24, 2.45) is 4.99 Å². The van der Waals surface area contributed by atoms with Gasteiger partial charge in [0, 0.05) is 17.0 Å². The SMILES string of the molecule is CCOc1ccc2oc(-c3ccc(OC)cc3)cc(=Nc3ccccc3F)c2c1. The van der Waals surface area contributed by atoms with Crippen LogP contribution in [0.3, 0.4) is 0 Å². The Morgan fingerprint density at radius 1 is 0.931 bits per heavy atom.